The summed E-state index contributed by atoms with van der Waals surface area (Å²) in [5, 5.41) is 2.16. The number of hydrogen-bond donors (Lipinski definition) is 1. The van der Waals surface area contributed by atoms with Crippen LogP contribution in [0.15, 0.2) is 0 Å². The number of nitrogens with zero attached hydrogens (tertiary/aromatic N) is 2. The van der Waals surface area contributed by atoms with Crippen molar-refractivity contribution in [3.63, 3.8) is 0 Å². The molecule has 54 heavy (non-hydrogen) atoms. The molecular weight excluding hydrogens is 671 g/mol. The molecule has 322 valence electrons. The molecule has 7 heteroatoms. The van der Waals surface area contributed by atoms with Crippen molar-refractivity contribution in [2.45, 2.75) is 245 Å². The van der Waals surface area contributed by atoms with Gasteiger partial charge >= 0.3 is 11.9 Å². The van der Waals surface area contributed by atoms with Crippen molar-refractivity contribution < 1.29 is 19.1 Å². The quantitative estimate of drug-likeness (QED) is 0.0376. The predicted octanol–water partition coefficient (Wildman–Crippen LogP) is 13.1. The van der Waals surface area contributed by atoms with Crippen molar-refractivity contribution in [2.24, 2.45) is 0 Å². The molecule has 0 aliphatic rings. The van der Waals surface area contributed by atoms with Crippen LogP contribution in [0.25, 0.3) is 0 Å². The fourth-order valence-corrected chi connectivity index (χ4v) is 7.38. The number of unbranched alkanes of at least 4 members (excludes halogenated alkanes) is 24. The Balaban J connectivity index is 4.24. The number of carbonyl (C=O) groups is 2. The molecule has 0 aliphatic carbocycles. The molecule has 0 radical (unpaired) electrons. The van der Waals surface area contributed by atoms with Gasteiger partial charge in [0, 0.05) is 26.4 Å². The van der Waals surface area contributed by atoms with Gasteiger partial charge in [0.2, 0.25) is 0 Å². The normalized spacial score (nSPS) is 11.7. The van der Waals surface area contributed by atoms with Crippen LogP contribution in [0, 0.1) is 0 Å². The van der Waals surface area contributed by atoms with Gasteiger partial charge in [0.15, 0.2) is 0 Å². The Morgan fingerprint density at radius 3 is 1.33 bits per heavy atom. The molecule has 0 rings (SSSR count). The fourth-order valence-electron chi connectivity index (χ4n) is 7.38. The number of hydrazine groups is 1. The summed E-state index contributed by atoms with van der Waals surface area (Å²) in [6.07, 6.45) is 40.2. The van der Waals surface area contributed by atoms with E-state index < -0.39 is 0 Å². The second-order valence-electron chi connectivity index (χ2n) is 16.4. The van der Waals surface area contributed by atoms with E-state index in [-0.39, 0.29) is 18.0 Å². The summed E-state index contributed by atoms with van der Waals surface area (Å²) in [5.74, 6) is 0.0262. The Hall–Kier alpha value is -1.18. The maximum atomic E-state index is 12.8. The Bertz CT molecular complexity index is 766. The maximum absolute atomic E-state index is 12.8. The molecule has 0 aliphatic heterocycles. The van der Waals surface area contributed by atoms with E-state index >= 15 is 0 Å². The number of esters is 2. The van der Waals surface area contributed by atoms with E-state index in [4.69, 9.17) is 9.47 Å². The molecule has 1 N–H and O–H groups in total. The van der Waals surface area contributed by atoms with Crippen LogP contribution in [0.5, 0.6) is 0 Å². The number of rotatable bonds is 44. The van der Waals surface area contributed by atoms with E-state index in [1.807, 2.05) is 7.05 Å². The van der Waals surface area contributed by atoms with Crippen LogP contribution >= 0.6 is 0 Å². The third-order valence-corrected chi connectivity index (χ3v) is 11.1. The Kier molecular flexibility index (Phi) is 42.0. The van der Waals surface area contributed by atoms with Gasteiger partial charge in [0.1, 0.15) is 6.10 Å². The number of hydrogen-bond acceptors (Lipinski definition) is 7. The molecule has 0 aromatic heterocycles. The van der Waals surface area contributed by atoms with Crippen molar-refractivity contribution >= 4 is 11.9 Å². The van der Waals surface area contributed by atoms with Crippen LogP contribution < -0.4 is 5.43 Å². The first-order valence-corrected chi connectivity index (χ1v) is 23.9. The summed E-state index contributed by atoms with van der Waals surface area (Å²) < 4.78 is 11.5. The topological polar surface area (TPSA) is 71.1 Å². The highest BCUT2D eigenvalue weighted by Gasteiger charge is 2.14. The number of ether oxygens (including phenoxy) is 2. The summed E-state index contributed by atoms with van der Waals surface area (Å²) in [5.41, 5.74) is 3.22. The van der Waals surface area contributed by atoms with E-state index in [1.165, 1.54) is 161 Å². The average molecular weight is 766 g/mol. The second-order valence-corrected chi connectivity index (χ2v) is 16.4. The summed E-state index contributed by atoms with van der Waals surface area (Å²) in [6, 6.07) is 0. The van der Waals surface area contributed by atoms with Gasteiger partial charge in [-0.3, -0.25) is 15.0 Å². The van der Waals surface area contributed by atoms with E-state index in [0.717, 1.165) is 71.1 Å². The van der Waals surface area contributed by atoms with Crippen molar-refractivity contribution in [1.82, 2.24) is 15.3 Å². The molecule has 0 fully saturated rings. The Labute approximate surface area is 337 Å². The summed E-state index contributed by atoms with van der Waals surface area (Å²) in [6.45, 7) is 11.9. The zero-order chi connectivity index (χ0) is 39.6. The van der Waals surface area contributed by atoms with Gasteiger partial charge in [-0.05, 0) is 90.9 Å². The van der Waals surface area contributed by atoms with Crippen molar-refractivity contribution in [3.8, 4) is 0 Å². The third kappa shape index (κ3) is 39.1. The Morgan fingerprint density at radius 2 is 0.852 bits per heavy atom. The predicted molar refractivity (Wildman–Crippen MR) is 233 cm³/mol. The van der Waals surface area contributed by atoms with Crippen molar-refractivity contribution in [3.05, 3.63) is 0 Å². The zero-order valence-electron chi connectivity index (χ0n) is 37.2. The maximum Gasteiger partial charge on any atom is 0.306 e. The largest absolute Gasteiger partial charge is 0.466 e. The van der Waals surface area contributed by atoms with Crippen LogP contribution in [0.1, 0.15) is 239 Å². The molecule has 0 atom stereocenters. The smallest absolute Gasteiger partial charge is 0.306 e. The van der Waals surface area contributed by atoms with E-state index in [1.54, 1.807) is 0 Å². The lowest BCUT2D eigenvalue weighted by Gasteiger charge is -2.24. The SMILES string of the molecule is CCCCCCCCCOC(=O)CCCCCCCN(CCCCCCCC(=O)OC(CCCCCCCC)CCCCCCCC)CCCN(C)NC. The molecule has 0 amide bonds. The lowest BCUT2D eigenvalue weighted by Crippen LogP contribution is -2.34. The van der Waals surface area contributed by atoms with Crippen LogP contribution in [-0.2, 0) is 19.1 Å². The summed E-state index contributed by atoms with van der Waals surface area (Å²) in [7, 11) is 4.09. The third-order valence-electron chi connectivity index (χ3n) is 11.1. The number of nitrogens with one attached hydrogen (secondary N) is 1. The lowest BCUT2D eigenvalue weighted by atomic mass is 10.0. The molecule has 0 aromatic rings. The first-order valence-electron chi connectivity index (χ1n) is 23.9. The monoisotopic (exact) mass is 766 g/mol. The van der Waals surface area contributed by atoms with Gasteiger partial charge in [-0.2, -0.15) is 0 Å². The summed E-state index contributed by atoms with van der Waals surface area (Å²) in [4.78, 5) is 27.5. The van der Waals surface area contributed by atoms with E-state index in [0.29, 0.717) is 19.4 Å². The van der Waals surface area contributed by atoms with Gasteiger partial charge in [0.05, 0.1) is 6.61 Å². The Morgan fingerprint density at radius 1 is 0.463 bits per heavy atom. The number of carbonyl (C=O) groups excluding carboxylic acids is 2. The minimum Gasteiger partial charge on any atom is -0.466 e. The van der Waals surface area contributed by atoms with Gasteiger partial charge in [-0.25, -0.2) is 5.01 Å². The van der Waals surface area contributed by atoms with Gasteiger partial charge in [-0.1, -0.05) is 162 Å². The highest BCUT2D eigenvalue weighted by Crippen LogP contribution is 2.18. The van der Waals surface area contributed by atoms with E-state index in [9.17, 15) is 9.59 Å². The summed E-state index contributed by atoms with van der Waals surface area (Å²) >= 11 is 0. The standard InChI is InChI=1S/C47H95N3O4/c1-6-9-12-15-18-27-34-44-53-46(51)38-30-23-19-25-32-41-50(43-35-40-49(5)48-4)42-33-26-20-24-31-39-47(52)54-45(36-28-21-16-13-10-7-2)37-29-22-17-14-11-8-3/h45,48H,6-44H2,1-5H3. The van der Waals surface area contributed by atoms with Crippen LogP contribution in [-0.4, -0.2) is 74.8 Å². The molecular formula is C47H95N3O4. The molecule has 0 saturated carbocycles. The van der Waals surface area contributed by atoms with Gasteiger partial charge < -0.3 is 14.4 Å². The molecule has 0 spiro atoms. The van der Waals surface area contributed by atoms with Crippen LogP contribution in [0.2, 0.25) is 0 Å². The first-order chi connectivity index (χ1) is 26.5. The molecule has 0 saturated heterocycles. The van der Waals surface area contributed by atoms with Crippen LogP contribution in [0.3, 0.4) is 0 Å². The minimum atomic E-state index is -0.00938. The molecule has 7 nitrogen and oxygen atoms in total. The van der Waals surface area contributed by atoms with Crippen molar-refractivity contribution in [1.29, 1.82) is 0 Å². The highest BCUT2D eigenvalue weighted by atomic mass is 16.5. The average Bonchev–Trinajstić information content (AvgIpc) is 3.17. The molecule has 0 aromatic carbocycles. The molecule has 0 heterocycles. The molecule has 0 bridgehead atoms. The zero-order valence-corrected chi connectivity index (χ0v) is 37.2. The minimum absolute atomic E-state index is 0.00938. The van der Waals surface area contributed by atoms with Gasteiger partial charge in [-0.15, -0.1) is 0 Å². The first kappa shape index (κ1) is 52.8. The highest BCUT2D eigenvalue weighted by molar-refractivity contribution is 5.69. The van der Waals surface area contributed by atoms with Gasteiger partial charge in [0.25, 0.3) is 0 Å². The fraction of sp³-hybridized carbons (Fsp3) is 0.957. The van der Waals surface area contributed by atoms with E-state index in [2.05, 4.69) is 43.2 Å². The second kappa shape index (κ2) is 43.0. The van der Waals surface area contributed by atoms with Crippen LogP contribution in [0.4, 0.5) is 0 Å². The lowest BCUT2D eigenvalue weighted by molar-refractivity contribution is -0.150. The van der Waals surface area contributed by atoms with Crippen molar-refractivity contribution in [2.75, 3.05) is 46.9 Å². The molecule has 0 unspecified atom stereocenters.